The minimum Gasteiger partial charge on any atom is -0.370 e. The lowest BCUT2D eigenvalue weighted by atomic mass is 9.95. The van der Waals surface area contributed by atoms with Crippen molar-refractivity contribution in [2.24, 2.45) is 0 Å². The second kappa shape index (κ2) is 5.42. The molecule has 2 aromatic heterocycles. The number of benzene rings is 1. The molecule has 0 spiro atoms. The van der Waals surface area contributed by atoms with Gasteiger partial charge in [-0.3, -0.25) is 0 Å². The average molecular weight is 360 g/mol. The third-order valence-corrected chi connectivity index (χ3v) is 6.32. The summed E-state index contributed by atoms with van der Waals surface area (Å²) in [4.78, 5) is 10.4. The van der Waals surface area contributed by atoms with E-state index in [1.54, 1.807) is 12.1 Å². The van der Waals surface area contributed by atoms with E-state index in [1.807, 2.05) is 18.3 Å². The van der Waals surface area contributed by atoms with Gasteiger partial charge in [0.15, 0.2) is 0 Å². The normalized spacial score (nSPS) is 23.3. The van der Waals surface area contributed by atoms with Crippen LogP contribution in [0.3, 0.4) is 0 Å². The Labute approximate surface area is 157 Å². The topological polar surface area (TPSA) is 44.0 Å². The first-order valence-electron chi connectivity index (χ1n) is 9.65. The van der Waals surface area contributed by atoms with Crippen molar-refractivity contribution in [1.82, 2.24) is 15.3 Å². The Morgan fingerprint density at radius 3 is 3.00 bits per heavy atom. The summed E-state index contributed by atoms with van der Waals surface area (Å²) in [6.07, 6.45) is 7.73. The minimum absolute atomic E-state index is 0.205. The molecule has 136 valence electrons. The maximum atomic E-state index is 14.0. The third kappa shape index (κ3) is 2.21. The number of aromatic nitrogens is 2. The molecule has 3 aliphatic heterocycles. The van der Waals surface area contributed by atoms with Gasteiger partial charge in [0.05, 0.1) is 0 Å². The molecule has 6 rings (SSSR count). The molecule has 3 aromatic rings. The van der Waals surface area contributed by atoms with E-state index in [1.165, 1.54) is 29.7 Å². The largest absolute Gasteiger partial charge is 0.370 e. The molecule has 1 aromatic carbocycles. The maximum absolute atomic E-state index is 14.0. The summed E-state index contributed by atoms with van der Waals surface area (Å²) in [7, 11) is 2.08. The number of halogens is 1. The quantitative estimate of drug-likeness (QED) is 0.683. The van der Waals surface area contributed by atoms with Crippen LogP contribution in [0.5, 0.6) is 0 Å². The number of nitrogens with one attached hydrogen (secondary N) is 2. The van der Waals surface area contributed by atoms with Gasteiger partial charge in [0.2, 0.25) is 0 Å². The van der Waals surface area contributed by atoms with Crippen LogP contribution in [0.1, 0.15) is 30.5 Å². The van der Waals surface area contributed by atoms with E-state index < -0.39 is 0 Å². The van der Waals surface area contributed by atoms with Gasteiger partial charge in [0.1, 0.15) is 11.5 Å². The van der Waals surface area contributed by atoms with Crippen molar-refractivity contribution in [3.63, 3.8) is 0 Å². The average Bonchev–Trinajstić information content (AvgIpc) is 3.17. The molecule has 2 bridgehead atoms. The number of aromatic amines is 1. The molecule has 0 radical (unpaired) electrons. The Kier molecular flexibility index (Phi) is 3.09. The number of nitrogens with zero attached hydrogens (tertiary/aromatic N) is 2. The van der Waals surface area contributed by atoms with Crippen LogP contribution in [-0.4, -0.2) is 29.1 Å². The van der Waals surface area contributed by atoms with Crippen LogP contribution in [0, 0.1) is 5.82 Å². The van der Waals surface area contributed by atoms with Gasteiger partial charge in [-0.2, -0.15) is 0 Å². The zero-order valence-electron chi connectivity index (χ0n) is 15.2. The number of H-pyrrole nitrogens is 1. The van der Waals surface area contributed by atoms with Gasteiger partial charge in [-0.25, -0.2) is 9.37 Å². The van der Waals surface area contributed by atoms with Crippen LogP contribution in [0.15, 0.2) is 36.5 Å². The fourth-order valence-electron chi connectivity index (χ4n) is 5.12. The van der Waals surface area contributed by atoms with Gasteiger partial charge in [-0.1, -0.05) is 6.08 Å². The van der Waals surface area contributed by atoms with E-state index in [2.05, 4.69) is 33.3 Å². The highest BCUT2D eigenvalue weighted by molar-refractivity contribution is 6.02. The van der Waals surface area contributed by atoms with E-state index in [0.717, 1.165) is 40.8 Å². The van der Waals surface area contributed by atoms with Crippen molar-refractivity contribution in [2.75, 3.05) is 11.9 Å². The molecule has 4 nitrogen and oxygen atoms in total. The summed E-state index contributed by atoms with van der Waals surface area (Å²) in [5.41, 5.74) is 7.84. The molecular weight excluding hydrogens is 339 g/mol. The lowest BCUT2D eigenvalue weighted by molar-refractivity contribution is 0.574. The summed E-state index contributed by atoms with van der Waals surface area (Å²) in [5.74, 6) is -0.205. The summed E-state index contributed by atoms with van der Waals surface area (Å²) in [5, 5.41) is 4.80. The number of fused-ring (bicyclic) bond motifs is 4. The highest BCUT2D eigenvalue weighted by Crippen LogP contribution is 2.44. The standard InChI is InChI=1S/C22H21FN4/c1-27-11-18-20-16(17-10-13(23)2-5-19(17)27)6-7-24-22(20)26-21(18)12-8-14-3-4-15(9-12)25-14/h2,5-8,10,14-15,25H,3-4,9,11H2,1H3,(H,24,26)/t14-,15+/m1/s1. The fourth-order valence-corrected chi connectivity index (χ4v) is 5.12. The molecule has 0 unspecified atom stereocenters. The Hall–Kier alpha value is -2.66. The highest BCUT2D eigenvalue weighted by Gasteiger charge is 2.31. The molecule has 5 heterocycles. The zero-order chi connectivity index (χ0) is 18.1. The van der Waals surface area contributed by atoms with Gasteiger partial charge >= 0.3 is 0 Å². The van der Waals surface area contributed by atoms with E-state index in [-0.39, 0.29) is 5.82 Å². The summed E-state index contributed by atoms with van der Waals surface area (Å²) in [6.45, 7) is 0.784. The van der Waals surface area contributed by atoms with Crippen LogP contribution in [0.2, 0.25) is 0 Å². The van der Waals surface area contributed by atoms with Crippen LogP contribution >= 0.6 is 0 Å². The number of anilines is 1. The van der Waals surface area contributed by atoms with Crippen LogP contribution in [0.25, 0.3) is 27.7 Å². The SMILES string of the molecule is CN1Cc2c(C3=C[C@H]4CC[C@@H](C3)N4)[nH]c3nccc(c23)-c2cc(F)ccc21. The van der Waals surface area contributed by atoms with Crippen LogP contribution in [0.4, 0.5) is 10.1 Å². The van der Waals surface area contributed by atoms with Crippen molar-refractivity contribution in [2.45, 2.75) is 37.9 Å². The lowest BCUT2D eigenvalue weighted by Gasteiger charge is -2.23. The van der Waals surface area contributed by atoms with Gasteiger partial charge in [-0.15, -0.1) is 0 Å². The van der Waals surface area contributed by atoms with Gasteiger partial charge < -0.3 is 15.2 Å². The second-order valence-electron chi connectivity index (χ2n) is 8.02. The number of hydrogen-bond acceptors (Lipinski definition) is 3. The van der Waals surface area contributed by atoms with Crippen molar-refractivity contribution < 1.29 is 4.39 Å². The van der Waals surface area contributed by atoms with E-state index in [0.29, 0.717) is 12.1 Å². The number of rotatable bonds is 1. The molecule has 2 atom stereocenters. The number of pyridine rings is 1. The molecule has 1 fully saturated rings. The minimum atomic E-state index is -0.205. The summed E-state index contributed by atoms with van der Waals surface area (Å²) in [6, 6.07) is 8.16. The maximum Gasteiger partial charge on any atom is 0.138 e. The Bertz CT molecular complexity index is 1110. The molecule has 2 N–H and O–H groups in total. The highest BCUT2D eigenvalue weighted by atomic mass is 19.1. The predicted octanol–water partition coefficient (Wildman–Crippen LogP) is 4.23. The molecule has 0 saturated carbocycles. The van der Waals surface area contributed by atoms with Gasteiger partial charge in [0.25, 0.3) is 0 Å². The van der Waals surface area contributed by atoms with Crippen molar-refractivity contribution in [1.29, 1.82) is 0 Å². The van der Waals surface area contributed by atoms with Crippen LogP contribution < -0.4 is 10.2 Å². The monoisotopic (exact) mass is 360 g/mol. The van der Waals surface area contributed by atoms with E-state index in [9.17, 15) is 4.39 Å². The molecular formula is C22H21FN4. The Morgan fingerprint density at radius 2 is 2.11 bits per heavy atom. The van der Waals surface area contributed by atoms with Crippen molar-refractivity contribution >= 4 is 22.3 Å². The molecule has 0 aliphatic carbocycles. The summed E-state index contributed by atoms with van der Waals surface area (Å²) >= 11 is 0. The molecule has 1 saturated heterocycles. The van der Waals surface area contributed by atoms with Crippen molar-refractivity contribution in [3.8, 4) is 11.1 Å². The third-order valence-electron chi connectivity index (χ3n) is 6.32. The first-order chi connectivity index (χ1) is 13.2. The number of hydrogen-bond donors (Lipinski definition) is 2. The lowest BCUT2D eigenvalue weighted by Crippen LogP contribution is -2.32. The second-order valence-corrected chi connectivity index (χ2v) is 8.02. The fraction of sp³-hybridized carbons (Fsp3) is 0.318. The van der Waals surface area contributed by atoms with Gasteiger partial charge in [0, 0.05) is 59.8 Å². The predicted molar refractivity (Wildman–Crippen MR) is 106 cm³/mol. The Morgan fingerprint density at radius 1 is 1.19 bits per heavy atom. The van der Waals surface area contributed by atoms with Gasteiger partial charge in [-0.05, 0) is 54.7 Å². The van der Waals surface area contributed by atoms with E-state index in [4.69, 9.17) is 0 Å². The molecule has 5 heteroatoms. The van der Waals surface area contributed by atoms with Crippen LogP contribution in [-0.2, 0) is 6.54 Å². The first kappa shape index (κ1) is 15.4. The zero-order valence-corrected chi connectivity index (χ0v) is 15.2. The smallest absolute Gasteiger partial charge is 0.138 e. The van der Waals surface area contributed by atoms with Crippen molar-refractivity contribution in [3.05, 3.63) is 53.6 Å². The first-order valence-corrected chi connectivity index (χ1v) is 9.65. The molecule has 27 heavy (non-hydrogen) atoms. The molecule has 3 aliphatic rings. The summed E-state index contributed by atoms with van der Waals surface area (Å²) < 4.78 is 14.0. The Balaban J connectivity index is 1.62. The van der Waals surface area contributed by atoms with E-state index >= 15 is 0 Å². The molecule has 0 amide bonds.